The van der Waals surface area contributed by atoms with Crippen LogP contribution in [-0.2, 0) is 27.7 Å². The predicted molar refractivity (Wildman–Crippen MR) is 122 cm³/mol. The second kappa shape index (κ2) is 9.48. The van der Waals surface area contributed by atoms with Gasteiger partial charge in [-0.3, -0.25) is 4.79 Å². The molecule has 4 rings (SSSR count). The van der Waals surface area contributed by atoms with Gasteiger partial charge >= 0.3 is 12.1 Å². The van der Waals surface area contributed by atoms with E-state index in [0.717, 1.165) is 12.1 Å². The molecule has 0 aromatic heterocycles. The summed E-state index contributed by atoms with van der Waals surface area (Å²) in [7, 11) is 0. The minimum Gasteiger partial charge on any atom is -0.457 e. The van der Waals surface area contributed by atoms with Crippen LogP contribution in [0.2, 0.25) is 0 Å². The van der Waals surface area contributed by atoms with Crippen LogP contribution in [0.5, 0.6) is 0 Å². The molecule has 2 aromatic rings. The Morgan fingerprint density at radius 2 is 1.92 bits per heavy atom. The highest BCUT2D eigenvalue weighted by Gasteiger charge is 2.54. The summed E-state index contributed by atoms with van der Waals surface area (Å²) in [4.78, 5) is 25.0. The van der Waals surface area contributed by atoms with Crippen LogP contribution < -0.4 is 5.32 Å². The van der Waals surface area contributed by atoms with Crippen molar-refractivity contribution in [3.05, 3.63) is 64.5 Å². The maximum Gasteiger partial charge on any atom is 0.416 e. The number of amides is 1. The summed E-state index contributed by atoms with van der Waals surface area (Å²) in [6.45, 7) is 1.60. The molecule has 0 saturated heterocycles. The highest BCUT2D eigenvalue weighted by molar-refractivity contribution is 5.99. The predicted octanol–water partition coefficient (Wildman–Crippen LogP) is 4.72. The zero-order chi connectivity index (χ0) is 26.3. The lowest BCUT2D eigenvalue weighted by Crippen LogP contribution is -2.46. The van der Waals surface area contributed by atoms with Gasteiger partial charge < -0.3 is 20.3 Å². The summed E-state index contributed by atoms with van der Waals surface area (Å²) in [5.74, 6) is -2.34. The number of hydrogen-bond acceptors (Lipinski definition) is 5. The van der Waals surface area contributed by atoms with E-state index < -0.39 is 40.4 Å². The summed E-state index contributed by atoms with van der Waals surface area (Å²) in [5, 5.41) is 23.6. The lowest BCUT2D eigenvalue weighted by molar-refractivity contribution is -0.138. The summed E-state index contributed by atoms with van der Waals surface area (Å²) in [6.07, 6.45) is -4.15. The van der Waals surface area contributed by atoms with Crippen molar-refractivity contribution in [3.8, 4) is 0 Å². The zero-order valence-electron chi connectivity index (χ0n) is 19.6. The lowest BCUT2D eigenvalue weighted by Gasteiger charge is -2.32. The SMILES string of the molecule is CC(CO)CCC(O)(CC1(c2cc(C(F)(F)F)ccc2F)CC1)C(=O)Nc1ccc2c(c1)COC2=O. The van der Waals surface area contributed by atoms with Crippen LogP contribution in [-0.4, -0.2) is 34.3 Å². The number of ether oxygens (including phenoxy) is 1. The minimum absolute atomic E-state index is 0.0497. The number of carbonyl (C=O) groups is 2. The quantitative estimate of drug-likeness (QED) is 0.336. The summed E-state index contributed by atoms with van der Waals surface area (Å²) in [5.41, 5.74) is -3.10. The van der Waals surface area contributed by atoms with E-state index in [9.17, 15) is 37.4 Å². The van der Waals surface area contributed by atoms with Crippen molar-refractivity contribution < 1.29 is 42.1 Å². The van der Waals surface area contributed by atoms with Crippen molar-refractivity contribution in [1.82, 2.24) is 0 Å². The number of esters is 1. The third kappa shape index (κ3) is 5.24. The van der Waals surface area contributed by atoms with Crippen LogP contribution in [0.15, 0.2) is 36.4 Å². The molecule has 0 bridgehead atoms. The van der Waals surface area contributed by atoms with E-state index in [1.54, 1.807) is 13.0 Å². The fourth-order valence-electron chi connectivity index (χ4n) is 4.68. The normalized spacial score (nSPS) is 18.7. The van der Waals surface area contributed by atoms with Gasteiger partial charge in [0.1, 0.15) is 18.0 Å². The summed E-state index contributed by atoms with van der Waals surface area (Å²) < 4.78 is 59.6. The van der Waals surface area contributed by atoms with E-state index in [0.29, 0.717) is 35.7 Å². The lowest BCUT2D eigenvalue weighted by atomic mass is 9.78. The topological polar surface area (TPSA) is 95.9 Å². The molecular weight excluding hydrogens is 482 g/mol. The van der Waals surface area contributed by atoms with E-state index in [2.05, 4.69) is 5.32 Å². The van der Waals surface area contributed by atoms with Crippen LogP contribution >= 0.6 is 0 Å². The van der Waals surface area contributed by atoms with E-state index in [-0.39, 0.29) is 44.0 Å². The van der Waals surface area contributed by atoms with Crippen LogP contribution in [0, 0.1) is 11.7 Å². The van der Waals surface area contributed by atoms with Crippen LogP contribution in [0.1, 0.15) is 66.1 Å². The molecule has 1 aliphatic heterocycles. The first-order valence-electron chi connectivity index (χ1n) is 11.7. The third-order valence-corrected chi connectivity index (χ3v) is 7.08. The molecule has 1 amide bonds. The van der Waals surface area contributed by atoms with Crippen molar-refractivity contribution >= 4 is 17.6 Å². The smallest absolute Gasteiger partial charge is 0.416 e. The van der Waals surface area contributed by atoms with E-state index in [4.69, 9.17) is 4.74 Å². The van der Waals surface area contributed by atoms with Crippen molar-refractivity contribution in [2.45, 2.75) is 62.8 Å². The maximum atomic E-state index is 14.7. The molecule has 2 aliphatic rings. The minimum atomic E-state index is -4.67. The van der Waals surface area contributed by atoms with Crippen LogP contribution in [0.4, 0.5) is 23.2 Å². The molecule has 36 heavy (non-hydrogen) atoms. The Morgan fingerprint density at radius 1 is 1.19 bits per heavy atom. The van der Waals surface area contributed by atoms with Gasteiger partial charge in [0.25, 0.3) is 5.91 Å². The Bertz CT molecular complexity index is 1180. The number of hydrogen-bond donors (Lipinski definition) is 3. The first-order chi connectivity index (χ1) is 16.9. The number of cyclic esters (lactones) is 1. The fraction of sp³-hybridized carbons (Fsp3) is 0.462. The van der Waals surface area contributed by atoms with E-state index in [1.165, 1.54) is 12.1 Å². The molecule has 3 N–H and O–H groups in total. The fourth-order valence-corrected chi connectivity index (χ4v) is 4.68. The van der Waals surface area contributed by atoms with Gasteiger partial charge in [-0.05, 0) is 80.0 Å². The average Bonchev–Trinajstić information content (AvgIpc) is 3.50. The first-order valence-corrected chi connectivity index (χ1v) is 11.7. The average molecular weight is 509 g/mol. The molecule has 6 nitrogen and oxygen atoms in total. The van der Waals surface area contributed by atoms with Crippen LogP contribution in [0.3, 0.4) is 0 Å². The van der Waals surface area contributed by atoms with Gasteiger partial charge in [-0.15, -0.1) is 0 Å². The Kier molecular flexibility index (Phi) is 6.87. The molecular formula is C26H27F4NO5. The summed E-state index contributed by atoms with van der Waals surface area (Å²) >= 11 is 0. The Hall–Kier alpha value is -2.98. The number of halogens is 4. The molecule has 1 fully saturated rings. The second-order valence-electron chi connectivity index (χ2n) is 9.91. The number of rotatable bonds is 9. The Balaban J connectivity index is 1.62. The number of aliphatic hydroxyl groups is 2. The van der Waals surface area contributed by atoms with Gasteiger partial charge in [0.05, 0.1) is 11.1 Å². The standard InChI is InChI=1S/C26H27F4NO5/c1-15(12-32)6-7-25(35,23(34)31-18-3-4-19-16(10-18)13-36-22(19)33)14-24(8-9-24)20-11-17(26(28,29)30)2-5-21(20)27/h2-5,10-11,15,32,35H,6-9,12-14H2,1H3,(H,31,34). The van der Waals surface area contributed by atoms with Crippen molar-refractivity contribution in [2.75, 3.05) is 11.9 Å². The first kappa shape index (κ1) is 26.1. The molecule has 10 heteroatoms. The monoisotopic (exact) mass is 509 g/mol. The Labute approximate surface area is 205 Å². The Morgan fingerprint density at radius 3 is 2.56 bits per heavy atom. The molecule has 0 radical (unpaired) electrons. The number of carbonyl (C=O) groups excluding carboxylic acids is 2. The maximum absolute atomic E-state index is 14.7. The zero-order valence-corrected chi connectivity index (χ0v) is 19.6. The largest absolute Gasteiger partial charge is 0.457 e. The number of aliphatic hydroxyl groups excluding tert-OH is 1. The number of fused-ring (bicyclic) bond motifs is 1. The van der Waals surface area contributed by atoms with E-state index in [1.807, 2.05) is 0 Å². The van der Waals surface area contributed by atoms with Gasteiger partial charge in [-0.25, -0.2) is 9.18 Å². The third-order valence-electron chi connectivity index (χ3n) is 7.08. The highest BCUT2D eigenvalue weighted by atomic mass is 19.4. The molecule has 2 atom stereocenters. The number of anilines is 1. The molecule has 1 heterocycles. The number of benzene rings is 2. The number of nitrogens with one attached hydrogen (secondary N) is 1. The molecule has 2 aromatic carbocycles. The van der Waals surface area contributed by atoms with Crippen molar-refractivity contribution in [1.29, 1.82) is 0 Å². The van der Waals surface area contributed by atoms with Gasteiger partial charge in [0, 0.05) is 23.3 Å². The second-order valence-corrected chi connectivity index (χ2v) is 9.91. The molecule has 2 unspecified atom stereocenters. The van der Waals surface area contributed by atoms with Crippen molar-refractivity contribution in [3.63, 3.8) is 0 Å². The molecule has 1 aliphatic carbocycles. The molecule has 0 spiro atoms. The van der Waals surface area contributed by atoms with Gasteiger partial charge in [0.15, 0.2) is 0 Å². The highest BCUT2D eigenvalue weighted by Crippen LogP contribution is 2.55. The number of alkyl halides is 3. The molecule has 1 saturated carbocycles. The van der Waals surface area contributed by atoms with Gasteiger partial charge in [-0.1, -0.05) is 6.92 Å². The molecule has 194 valence electrons. The van der Waals surface area contributed by atoms with E-state index >= 15 is 0 Å². The van der Waals surface area contributed by atoms with Gasteiger partial charge in [0.2, 0.25) is 0 Å². The summed E-state index contributed by atoms with van der Waals surface area (Å²) in [6, 6.07) is 6.72. The van der Waals surface area contributed by atoms with Gasteiger partial charge in [-0.2, -0.15) is 13.2 Å². The van der Waals surface area contributed by atoms with Crippen molar-refractivity contribution in [2.24, 2.45) is 5.92 Å². The van der Waals surface area contributed by atoms with Crippen LogP contribution in [0.25, 0.3) is 0 Å².